The number of nitrogens with zero attached hydrogens (tertiary/aromatic N) is 3. The lowest BCUT2D eigenvalue weighted by Crippen LogP contribution is -2.15. The molecule has 4 nitrogen and oxygen atoms in total. The highest BCUT2D eigenvalue weighted by molar-refractivity contribution is 5.85. The van der Waals surface area contributed by atoms with Crippen LogP contribution in [0.15, 0.2) is 30.3 Å². The molecule has 0 unspecified atom stereocenters. The van der Waals surface area contributed by atoms with E-state index in [1.165, 1.54) is 19.3 Å². The minimum absolute atomic E-state index is 0. The molecular weight excluding hydrogens is 272 g/mol. The second-order valence-electron chi connectivity index (χ2n) is 4.73. The minimum Gasteiger partial charge on any atom is -0.311 e. The maximum absolute atomic E-state index is 4.46. The van der Waals surface area contributed by atoms with E-state index in [4.69, 9.17) is 0 Å². The topological polar surface area (TPSA) is 42.7 Å². The zero-order chi connectivity index (χ0) is 13.5. The molecule has 0 aliphatic rings. The maximum Gasteiger partial charge on any atom is 0.117 e. The van der Waals surface area contributed by atoms with Crippen LogP contribution in [0.2, 0.25) is 0 Å². The molecule has 0 aliphatic heterocycles. The molecular formula is C15H23ClN4. The monoisotopic (exact) mass is 294 g/mol. The highest BCUT2D eigenvalue weighted by Gasteiger charge is 2.10. The van der Waals surface area contributed by atoms with Crippen LogP contribution in [-0.4, -0.2) is 21.5 Å². The van der Waals surface area contributed by atoms with Gasteiger partial charge in [0.05, 0.1) is 0 Å². The van der Waals surface area contributed by atoms with E-state index in [-0.39, 0.29) is 12.4 Å². The first-order valence-electron chi connectivity index (χ1n) is 6.97. The van der Waals surface area contributed by atoms with E-state index < -0.39 is 0 Å². The third-order valence-electron chi connectivity index (χ3n) is 3.08. The number of benzene rings is 1. The molecule has 0 saturated heterocycles. The second kappa shape index (κ2) is 8.72. The highest BCUT2D eigenvalue weighted by Crippen LogP contribution is 2.19. The smallest absolute Gasteiger partial charge is 0.117 e. The first kappa shape index (κ1) is 16.7. The van der Waals surface area contributed by atoms with Crippen LogP contribution in [-0.2, 0) is 13.6 Å². The molecule has 20 heavy (non-hydrogen) atoms. The Kier molecular flexibility index (Phi) is 7.26. The molecule has 0 aliphatic carbocycles. The number of hydrogen-bond acceptors (Lipinski definition) is 3. The van der Waals surface area contributed by atoms with Gasteiger partial charge in [0.1, 0.15) is 11.4 Å². The zero-order valence-electron chi connectivity index (χ0n) is 12.2. The van der Waals surface area contributed by atoms with Crippen LogP contribution < -0.4 is 5.32 Å². The van der Waals surface area contributed by atoms with Crippen LogP contribution in [0.25, 0.3) is 11.3 Å². The fraction of sp³-hybridized carbons (Fsp3) is 0.467. The Morgan fingerprint density at radius 3 is 2.55 bits per heavy atom. The molecule has 0 saturated carbocycles. The van der Waals surface area contributed by atoms with E-state index in [1.807, 2.05) is 25.2 Å². The van der Waals surface area contributed by atoms with Gasteiger partial charge in [-0.3, -0.25) is 0 Å². The van der Waals surface area contributed by atoms with Gasteiger partial charge in [-0.15, -0.1) is 12.4 Å². The lowest BCUT2D eigenvalue weighted by atomic mass is 10.1. The van der Waals surface area contributed by atoms with Crippen LogP contribution in [0.3, 0.4) is 0 Å². The lowest BCUT2D eigenvalue weighted by molar-refractivity contribution is 0.596. The number of nitrogens with one attached hydrogen (secondary N) is 1. The number of rotatable bonds is 7. The summed E-state index contributed by atoms with van der Waals surface area (Å²) in [5.74, 6) is 0. The number of aromatic nitrogens is 3. The normalized spacial score (nSPS) is 10.3. The number of aryl methyl sites for hydroxylation is 1. The quantitative estimate of drug-likeness (QED) is 0.798. The molecule has 110 valence electrons. The van der Waals surface area contributed by atoms with Gasteiger partial charge in [0.15, 0.2) is 0 Å². The van der Waals surface area contributed by atoms with E-state index in [9.17, 15) is 0 Å². The molecule has 0 radical (unpaired) electrons. The molecule has 1 aromatic carbocycles. The SMILES string of the molecule is CCCCCNCc1nn(C)nc1-c1ccccc1.Cl. The van der Waals surface area contributed by atoms with Crippen molar-refractivity contribution in [1.29, 1.82) is 0 Å². The predicted molar refractivity (Wildman–Crippen MR) is 84.9 cm³/mol. The van der Waals surface area contributed by atoms with Gasteiger partial charge in [-0.1, -0.05) is 50.1 Å². The van der Waals surface area contributed by atoms with Crippen molar-refractivity contribution in [2.75, 3.05) is 6.54 Å². The summed E-state index contributed by atoms with van der Waals surface area (Å²) in [6.45, 7) is 4.04. The Morgan fingerprint density at radius 2 is 1.85 bits per heavy atom. The Balaban J connectivity index is 0.00000200. The molecule has 0 spiro atoms. The Morgan fingerprint density at radius 1 is 1.10 bits per heavy atom. The third kappa shape index (κ3) is 4.62. The molecule has 0 fully saturated rings. The largest absolute Gasteiger partial charge is 0.311 e. The van der Waals surface area contributed by atoms with Crippen molar-refractivity contribution >= 4 is 12.4 Å². The minimum atomic E-state index is 0. The molecule has 1 heterocycles. The van der Waals surface area contributed by atoms with E-state index in [0.717, 1.165) is 30.0 Å². The summed E-state index contributed by atoms with van der Waals surface area (Å²) in [5, 5.41) is 12.4. The summed E-state index contributed by atoms with van der Waals surface area (Å²) in [4.78, 5) is 1.64. The van der Waals surface area contributed by atoms with Crippen molar-refractivity contribution in [1.82, 2.24) is 20.3 Å². The molecule has 0 bridgehead atoms. The van der Waals surface area contributed by atoms with E-state index in [0.29, 0.717) is 0 Å². The lowest BCUT2D eigenvalue weighted by Gasteiger charge is -2.03. The summed E-state index contributed by atoms with van der Waals surface area (Å²) < 4.78 is 0. The van der Waals surface area contributed by atoms with Crippen molar-refractivity contribution < 1.29 is 0 Å². The standard InChI is InChI=1S/C15H22N4.ClH/c1-3-4-8-11-16-12-14-15(18-19(2)17-14)13-9-6-5-7-10-13;/h5-7,9-10,16H,3-4,8,11-12H2,1-2H3;1H. The predicted octanol–water partition coefficient (Wildman–Crippen LogP) is 3.18. The van der Waals surface area contributed by atoms with Gasteiger partial charge in [-0.2, -0.15) is 15.0 Å². The zero-order valence-corrected chi connectivity index (χ0v) is 13.0. The van der Waals surface area contributed by atoms with Gasteiger partial charge in [0.25, 0.3) is 0 Å². The number of halogens is 1. The van der Waals surface area contributed by atoms with E-state index in [1.54, 1.807) is 4.80 Å². The third-order valence-corrected chi connectivity index (χ3v) is 3.08. The van der Waals surface area contributed by atoms with Gasteiger partial charge >= 0.3 is 0 Å². The van der Waals surface area contributed by atoms with Gasteiger partial charge in [-0.25, -0.2) is 0 Å². The molecule has 0 amide bonds. The molecule has 1 aromatic heterocycles. The maximum atomic E-state index is 4.46. The first-order valence-corrected chi connectivity index (χ1v) is 6.97. The Bertz CT molecular complexity index is 496. The Hall–Kier alpha value is -1.39. The fourth-order valence-electron chi connectivity index (χ4n) is 2.09. The molecule has 1 N–H and O–H groups in total. The summed E-state index contributed by atoms with van der Waals surface area (Å²) in [7, 11) is 1.87. The highest BCUT2D eigenvalue weighted by atomic mass is 35.5. The Labute approximate surface area is 127 Å². The molecule has 2 rings (SSSR count). The number of unbranched alkanes of at least 4 members (excludes halogenated alkanes) is 2. The summed E-state index contributed by atoms with van der Waals surface area (Å²) in [5.41, 5.74) is 3.12. The van der Waals surface area contributed by atoms with Gasteiger partial charge < -0.3 is 5.32 Å². The van der Waals surface area contributed by atoms with Crippen LogP contribution in [0.1, 0.15) is 31.9 Å². The van der Waals surface area contributed by atoms with Crippen LogP contribution >= 0.6 is 12.4 Å². The van der Waals surface area contributed by atoms with Crippen molar-refractivity contribution in [2.24, 2.45) is 7.05 Å². The van der Waals surface area contributed by atoms with Crippen LogP contribution in [0.4, 0.5) is 0 Å². The number of hydrogen-bond donors (Lipinski definition) is 1. The summed E-state index contributed by atoms with van der Waals surface area (Å²) >= 11 is 0. The molecule has 0 atom stereocenters. The van der Waals surface area contributed by atoms with Crippen molar-refractivity contribution in [3.05, 3.63) is 36.0 Å². The second-order valence-corrected chi connectivity index (χ2v) is 4.73. The van der Waals surface area contributed by atoms with Crippen molar-refractivity contribution in [3.8, 4) is 11.3 Å². The average Bonchev–Trinajstić information content (AvgIpc) is 2.81. The first-order chi connectivity index (χ1) is 9.31. The van der Waals surface area contributed by atoms with Crippen LogP contribution in [0, 0.1) is 0 Å². The van der Waals surface area contributed by atoms with Crippen molar-refractivity contribution in [3.63, 3.8) is 0 Å². The van der Waals surface area contributed by atoms with Gasteiger partial charge in [0, 0.05) is 19.2 Å². The van der Waals surface area contributed by atoms with Gasteiger partial charge in [-0.05, 0) is 13.0 Å². The van der Waals surface area contributed by atoms with Crippen molar-refractivity contribution in [2.45, 2.75) is 32.7 Å². The van der Waals surface area contributed by atoms with Gasteiger partial charge in [0.2, 0.25) is 0 Å². The molecule has 5 heteroatoms. The summed E-state index contributed by atoms with van der Waals surface area (Å²) in [6, 6.07) is 10.2. The van der Waals surface area contributed by atoms with E-state index >= 15 is 0 Å². The molecule has 2 aromatic rings. The fourth-order valence-corrected chi connectivity index (χ4v) is 2.09. The van der Waals surface area contributed by atoms with E-state index in [2.05, 4.69) is 34.6 Å². The average molecular weight is 295 g/mol. The van der Waals surface area contributed by atoms with Crippen LogP contribution in [0.5, 0.6) is 0 Å². The summed E-state index contributed by atoms with van der Waals surface area (Å²) in [6.07, 6.45) is 3.75.